The zero-order valence-corrected chi connectivity index (χ0v) is 13.2. The molecule has 2 aromatic heterocycles. The number of nitriles is 1. The van der Waals surface area contributed by atoms with Gasteiger partial charge in [-0.15, -0.1) is 11.3 Å². The molecule has 0 spiro atoms. The summed E-state index contributed by atoms with van der Waals surface area (Å²) in [5.41, 5.74) is 2.06. The summed E-state index contributed by atoms with van der Waals surface area (Å²) in [5, 5.41) is 9.25. The van der Waals surface area contributed by atoms with Crippen molar-refractivity contribution in [2.24, 2.45) is 0 Å². The fraction of sp³-hybridized carbons (Fsp3) is 0. The van der Waals surface area contributed by atoms with E-state index < -0.39 is 0 Å². The lowest BCUT2D eigenvalue weighted by molar-refractivity contribution is 1.22. The normalized spacial score (nSPS) is 10.3. The maximum absolute atomic E-state index is 12.2. The highest BCUT2D eigenvalue weighted by Gasteiger charge is 2.13. The zero-order chi connectivity index (χ0) is 14.8. The number of benzene rings is 1. The molecular formula is C16H9BrN2OS. The van der Waals surface area contributed by atoms with Gasteiger partial charge in [-0.05, 0) is 39.7 Å². The molecule has 0 atom stereocenters. The number of nitrogens with one attached hydrogen (secondary N) is 1. The van der Waals surface area contributed by atoms with Gasteiger partial charge in [0.2, 0.25) is 0 Å². The van der Waals surface area contributed by atoms with Crippen LogP contribution in [0.5, 0.6) is 0 Å². The molecule has 0 aliphatic heterocycles. The molecule has 0 saturated carbocycles. The molecule has 1 aromatic carbocycles. The van der Waals surface area contributed by atoms with E-state index >= 15 is 0 Å². The molecule has 0 aliphatic rings. The second-order valence-corrected chi connectivity index (χ2v) is 6.85. The molecule has 0 saturated heterocycles. The van der Waals surface area contributed by atoms with Crippen LogP contribution in [0.1, 0.15) is 5.56 Å². The van der Waals surface area contributed by atoms with Crippen molar-refractivity contribution in [3.8, 4) is 27.8 Å². The highest BCUT2D eigenvalue weighted by atomic mass is 79.9. The average Bonchev–Trinajstić information content (AvgIpc) is 2.94. The molecule has 0 unspecified atom stereocenters. The van der Waals surface area contributed by atoms with E-state index in [0.29, 0.717) is 11.3 Å². The van der Waals surface area contributed by atoms with Crippen molar-refractivity contribution in [3.63, 3.8) is 0 Å². The third kappa shape index (κ3) is 2.68. The molecule has 0 aliphatic carbocycles. The van der Waals surface area contributed by atoms with E-state index in [0.717, 1.165) is 14.2 Å². The second-order valence-electron chi connectivity index (χ2n) is 4.38. The van der Waals surface area contributed by atoms with Crippen LogP contribution in [0.25, 0.3) is 21.7 Å². The Labute approximate surface area is 133 Å². The van der Waals surface area contributed by atoms with Gasteiger partial charge in [-0.2, -0.15) is 5.26 Å². The molecule has 3 rings (SSSR count). The predicted molar refractivity (Wildman–Crippen MR) is 88.2 cm³/mol. The highest BCUT2D eigenvalue weighted by molar-refractivity contribution is 9.11. The monoisotopic (exact) mass is 356 g/mol. The minimum absolute atomic E-state index is 0.143. The smallest absolute Gasteiger partial charge is 0.267 e. The van der Waals surface area contributed by atoms with Crippen LogP contribution < -0.4 is 5.56 Å². The summed E-state index contributed by atoms with van der Waals surface area (Å²) in [7, 11) is 0. The number of thiophene rings is 1. The van der Waals surface area contributed by atoms with Crippen molar-refractivity contribution in [2.75, 3.05) is 0 Å². The van der Waals surface area contributed by atoms with Crippen molar-refractivity contribution in [2.45, 2.75) is 0 Å². The molecule has 5 heteroatoms. The van der Waals surface area contributed by atoms with Gasteiger partial charge in [-0.1, -0.05) is 30.3 Å². The van der Waals surface area contributed by atoms with Crippen LogP contribution in [0, 0.1) is 11.3 Å². The number of hydrogen-bond acceptors (Lipinski definition) is 3. The van der Waals surface area contributed by atoms with Gasteiger partial charge < -0.3 is 4.98 Å². The SMILES string of the molecule is N#Cc1c(-c2ccc(Br)s2)cc(-c2ccccc2)[nH]c1=O. The molecule has 1 N–H and O–H groups in total. The quantitative estimate of drug-likeness (QED) is 0.739. The topological polar surface area (TPSA) is 56.6 Å². The molecule has 0 amide bonds. The Bertz CT molecular complexity index is 891. The predicted octanol–water partition coefficient (Wildman–Crippen LogP) is 4.40. The van der Waals surface area contributed by atoms with Crippen LogP contribution in [0.2, 0.25) is 0 Å². The van der Waals surface area contributed by atoms with Crippen LogP contribution in [-0.2, 0) is 0 Å². The minimum Gasteiger partial charge on any atom is -0.321 e. The van der Waals surface area contributed by atoms with Crippen LogP contribution in [0.15, 0.2) is 57.1 Å². The molecule has 3 nitrogen and oxygen atoms in total. The molecule has 3 aromatic rings. The number of halogens is 1. The summed E-state index contributed by atoms with van der Waals surface area (Å²) >= 11 is 4.90. The van der Waals surface area contributed by atoms with E-state index in [-0.39, 0.29) is 11.1 Å². The molecule has 21 heavy (non-hydrogen) atoms. The van der Waals surface area contributed by atoms with Crippen LogP contribution in [-0.4, -0.2) is 4.98 Å². The van der Waals surface area contributed by atoms with E-state index in [4.69, 9.17) is 0 Å². The van der Waals surface area contributed by atoms with E-state index in [2.05, 4.69) is 20.9 Å². The Balaban J connectivity index is 2.26. The molecule has 0 bridgehead atoms. The second kappa shape index (κ2) is 5.68. The van der Waals surface area contributed by atoms with E-state index in [9.17, 15) is 10.1 Å². The Hall–Kier alpha value is -2.16. The van der Waals surface area contributed by atoms with Crippen molar-refractivity contribution in [1.29, 1.82) is 5.26 Å². The maximum Gasteiger partial charge on any atom is 0.267 e. The summed E-state index contributed by atoms with van der Waals surface area (Å²) in [4.78, 5) is 15.8. The summed E-state index contributed by atoms with van der Waals surface area (Å²) < 4.78 is 0.961. The third-order valence-electron chi connectivity index (χ3n) is 3.07. The fourth-order valence-corrected chi connectivity index (χ4v) is 3.51. The number of hydrogen-bond donors (Lipinski definition) is 1. The van der Waals surface area contributed by atoms with Crippen molar-refractivity contribution in [1.82, 2.24) is 4.98 Å². The first-order chi connectivity index (χ1) is 10.2. The third-order valence-corrected chi connectivity index (χ3v) is 4.73. The van der Waals surface area contributed by atoms with Crippen molar-refractivity contribution < 1.29 is 0 Å². The standard InChI is InChI=1S/C16H9BrN2OS/c17-15-7-6-14(21-15)11-8-13(10-4-2-1-3-5-10)19-16(20)12(11)9-18/h1-8H,(H,19,20). The highest BCUT2D eigenvalue weighted by Crippen LogP contribution is 2.33. The van der Waals surface area contributed by atoms with Crippen LogP contribution in [0.4, 0.5) is 0 Å². The van der Waals surface area contributed by atoms with Gasteiger partial charge >= 0.3 is 0 Å². The first-order valence-corrected chi connectivity index (χ1v) is 7.78. The number of aromatic amines is 1. The van der Waals surface area contributed by atoms with Gasteiger partial charge in [0, 0.05) is 16.1 Å². The van der Waals surface area contributed by atoms with Crippen molar-refractivity contribution in [3.05, 3.63) is 68.2 Å². The van der Waals surface area contributed by atoms with Crippen LogP contribution >= 0.6 is 27.3 Å². The lowest BCUT2D eigenvalue weighted by atomic mass is 10.0. The lowest BCUT2D eigenvalue weighted by Crippen LogP contribution is -2.12. The molecule has 0 fully saturated rings. The van der Waals surface area contributed by atoms with Gasteiger partial charge in [-0.25, -0.2) is 0 Å². The van der Waals surface area contributed by atoms with E-state index in [1.165, 1.54) is 11.3 Å². The summed E-state index contributed by atoms with van der Waals surface area (Å²) in [6, 6.07) is 17.2. The summed E-state index contributed by atoms with van der Waals surface area (Å²) in [6.07, 6.45) is 0. The molecule has 102 valence electrons. The van der Waals surface area contributed by atoms with Gasteiger partial charge in [0.25, 0.3) is 5.56 Å². The molecular weight excluding hydrogens is 348 g/mol. The van der Waals surface area contributed by atoms with E-state index in [1.807, 2.05) is 54.6 Å². The number of nitrogens with zero attached hydrogens (tertiary/aromatic N) is 1. The maximum atomic E-state index is 12.2. The first-order valence-electron chi connectivity index (χ1n) is 6.17. The van der Waals surface area contributed by atoms with Gasteiger partial charge in [0.1, 0.15) is 11.6 Å². The lowest BCUT2D eigenvalue weighted by Gasteiger charge is -2.06. The fourth-order valence-electron chi connectivity index (χ4n) is 2.10. The minimum atomic E-state index is -0.363. The Kier molecular flexibility index (Phi) is 3.74. The number of aromatic nitrogens is 1. The summed E-state index contributed by atoms with van der Waals surface area (Å²) in [5.74, 6) is 0. The Morgan fingerprint density at radius 1 is 1.14 bits per heavy atom. The van der Waals surface area contributed by atoms with Crippen LogP contribution in [0.3, 0.4) is 0 Å². The van der Waals surface area contributed by atoms with Gasteiger partial charge in [0.05, 0.1) is 3.79 Å². The number of H-pyrrole nitrogens is 1. The molecule has 2 heterocycles. The number of rotatable bonds is 2. The van der Waals surface area contributed by atoms with E-state index in [1.54, 1.807) is 0 Å². The van der Waals surface area contributed by atoms with Gasteiger partial charge in [-0.3, -0.25) is 4.79 Å². The van der Waals surface area contributed by atoms with Crippen molar-refractivity contribution >= 4 is 27.3 Å². The largest absolute Gasteiger partial charge is 0.321 e. The molecule has 0 radical (unpaired) electrons. The Morgan fingerprint density at radius 3 is 2.52 bits per heavy atom. The zero-order valence-electron chi connectivity index (χ0n) is 10.8. The average molecular weight is 357 g/mol. The first kappa shape index (κ1) is 13.8. The Morgan fingerprint density at radius 2 is 1.90 bits per heavy atom. The number of pyridine rings is 1. The van der Waals surface area contributed by atoms with Gasteiger partial charge in [0.15, 0.2) is 0 Å². The summed E-state index contributed by atoms with van der Waals surface area (Å²) in [6.45, 7) is 0.